The highest BCUT2D eigenvalue weighted by Gasteiger charge is 2.32. The molecule has 2 aromatic rings. The zero-order chi connectivity index (χ0) is 14.9. The Kier molecular flexibility index (Phi) is 3.59. The molecule has 1 saturated carbocycles. The van der Waals surface area contributed by atoms with Crippen LogP contribution in [0.1, 0.15) is 53.9 Å². The molecule has 22 heavy (non-hydrogen) atoms. The van der Waals surface area contributed by atoms with Gasteiger partial charge in [0.15, 0.2) is 0 Å². The fourth-order valence-corrected chi connectivity index (χ4v) is 3.14. The van der Waals surface area contributed by atoms with Crippen molar-refractivity contribution >= 4 is 17.4 Å². The van der Waals surface area contributed by atoms with Gasteiger partial charge in [-0.2, -0.15) is 4.98 Å². The molecule has 2 fully saturated rings. The molecule has 116 valence electrons. The monoisotopic (exact) mass is 320 g/mol. The first kappa shape index (κ1) is 13.8. The van der Waals surface area contributed by atoms with E-state index in [-0.39, 0.29) is 23.8 Å². The predicted octanol–water partition coefficient (Wildman–Crippen LogP) is 1.15. The molecule has 0 aromatic carbocycles. The second-order valence-corrected chi connectivity index (χ2v) is 6.34. The smallest absolute Gasteiger partial charge is 0.292 e. The van der Waals surface area contributed by atoms with Gasteiger partial charge in [-0.25, -0.2) is 0 Å². The maximum absolute atomic E-state index is 11.9. The number of aromatic nitrogens is 4. The maximum atomic E-state index is 11.9. The van der Waals surface area contributed by atoms with Crippen molar-refractivity contribution in [2.24, 2.45) is 0 Å². The molecule has 1 saturated heterocycles. The van der Waals surface area contributed by atoms with Crippen LogP contribution in [0.5, 0.6) is 0 Å². The Morgan fingerprint density at radius 3 is 3.14 bits per heavy atom. The number of amides is 1. The fraction of sp³-hybridized carbons (Fsp3) is 0.615. The van der Waals surface area contributed by atoms with E-state index in [1.807, 2.05) is 5.38 Å². The van der Waals surface area contributed by atoms with Crippen LogP contribution in [0, 0.1) is 0 Å². The zero-order valence-electron chi connectivity index (χ0n) is 11.9. The van der Waals surface area contributed by atoms with E-state index in [1.54, 1.807) is 0 Å². The van der Waals surface area contributed by atoms with Gasteiger partial charge in [0.05, 0.1) is 11.7 Å². The molecule has 0 spiro atoms. The summed E-state index contributed by atoms with van der Waals surface area (Å²) in [5, 5.41) is 12.7. The van der Waals surface area contributed by atoms with Crippen molar-refractivity contribution in [3.8, 4) is 0 Å². The van der Waals surface area contributed by atoms with Crippen molar-refractivity contribution in [1.82, 2.24) is 29.9 Å². The van der Waals surface area contributed by atoms with E-state index in [2.05, 4.69) is 29.9 Å². The maximum Gasteiger partial charge on any atom is 0.292 e. The van der Waals surface area contributed by atoms with Crippen LogP contribution in [-0.4, -0.2) is 43.1 Å². The molecular formula is C13H16N6O2S. The number of carbonyl (C=O) groups excluding carboxylic acids is 1. The van der Waals surface area contributed by atoms with Gasteiger partial charge in [0, 0.05) is 18.0 Å². The van der Waals surface area contributed by atoms with Crippen molar-refractivity contribution in [3.05, 3.63) is 22.8 Å². The van der Waals surface area contributed by atoms with Gasteiger partial charge in [-0.15, -0.1) is 5.10 Å². The van der Waals surface area contributed by atoms with Crippen LogP contribution in [0.15, 0.2) is 9.90 Å². The van der Waals surface area contributed by atoms with Crippen molar-refractivity contribution in [2.45, 2.75) is 44.3 Å². The Morgan fingerprint density at radius 1 is 1.45 bits per heavy atom. The van der Waals surface area contributed by atoms with Crippen LogP contribution in [0.4, 0.5) is 0 Å². The fourth-order valence-electron chi connectivity index (χ4n) is 2.70. The van der Waals surface area contributed by atoms with Crippen molar-refractivity contribution in [3.63, 3.8) is 0 Å². The largest absolute Gasteiger partial charge is 0.346 e. The van der Waals surface area contributed by atoms with Gasteiger partial charge in [0.25, 0.3) is 11.7 Å². The van der Waals surface area contributed by atoms with Crippen LogP contribution < -0.4 is 5.32 Å². The molecule has 2 aromatic heterocycles. The quantitative estimate of drug-likeness (QED) is 0.882. The molecule has 1 amide bonds. The summed E-state index contributed by atoms with van der Waals surface area (Å²) in [4.78, 5) is 18.5. The van der Waals surface area contributed by atoms with Crippen molar-refractivity contribution in [2.75, 3.05) is 6.54 Å². The minimum atomic E-state index is -0.245. The zero-order valence-corrected chi connectivity index (χ0v) is 12.8. The molecule has 8 nitrogen and oxygen atoms in total. The Hall–Kier alpha value is -1.87. The van der Waals surface area contributed by atoms with E-state index in [0.29, 0.717) is 12.4 Å². The third-order valence-corrected chi connectivity index (χ3v) is 4.53. The average molecular weight is 320 g/mol. The summed E-state index contributed by atoms with van der Waals surface area (Å²) in [6.45, 7) is 1.67. The van der Waals surface area contributed by atoms with E-state index in [1.165, 1.54) is 11.5 Å². The van der Waals surface area contributed by atoms with E-state index in [4.69, 9.17) is 4.52 Å². The third kappa shape index (κ3) is 2.86. The van der Waals surface area contributed by atoms with Crippen LogP contribution >= 0.6 is 11.5 Å². The summed E-state index contributed by atoms with van der Waals surface area (Å²) in [5.41, 5.74) is 0.947. The summed E-state index contributed by atoms with van der Waals surface area (Å²) in [6, 6.07) is 0.339. The van der Waals surface area contributed by atoms with Gasteiger partial charge in [0.1, 0.15) is 0 Å². The van der Waals surface area contributed by atoms with E-state index in [0.717, 1.165) is 37.9 Å². The first-order chi connectivity index (χ1) is 10.8. The molecule has 0 radical (unpaired) electrons. The minimum Gasteiger partial charge on any atom is -0.346 e. The number of carbonyl (C=O) groups is 1. The van der Waals surface area contributed by atoms with Crippen LogP contribution in [0.2, 0.25) is 0 Å². The normalized spacial score (nSPS) is 22.1. The topological polar surface area (TPSA) is 97.0 Å². The molecule has 1 N–H and O–H groups in total. The van der Waals surface area contributed by atoms with Gasteiger partial charge >= 0.3 is 0 Å². The minimum absolute atomic E-state index is 0.0525. The van der Waals surface area contributed by atoms with Crippen LogP contribution in [0.3, 0.4) is 0 Å². The lowest BCUT2D eigenvalue weighted by Gasteiger charge is -2.19. The lowest BCUT2D eigenvalue weighted by Crippen LogP contribution is -2.27. The highest BCUT2D eigenvalue weighted by molar-refractivity contribution is 7.03. The molecule has 9 heteroatoms. The van der Waals surface area contributed by atoms with Gasteiger partial charge in [-0.05, 0) is 43.8 Å². The number of hydrogen-bond donors (Lipinski definition) is 1. The second-order valence-electron chi connectivity index (χ2n) is 5.73. The number of nitrogens with zero attached hydrogens (tertiary/aromatic N) is 5. The second kappa shape index (κ2) is 5.73. The van der Waals surface area contributed by atoms with E-state index >= 15 is 0 Å². The number of hydrogen-bond acceptors (Lipinski definition) is 8. The summed E-state index contributed by atoms with van der Waals surface area (Å²) in [6.07, 6.45) is 4.08. The first-order valence-electron chi connectivity index (χ1n) is 7.44. The van der Waals surface area contributed by atoms with Gasteiger partial charge in [0.2, 0.25) is 5.89 Å². The number of nitrogens with one attached hydrogen (secondary N) is 1. The lowest BCUT2D eigenvalue weighted by molar-refractivity contribution is 0.0937. The number of likely N-dealkylation sites (tertiary alicyclic amines) is 1. The summed E-state index contributed by atoms with van der Waals surface area (Å²) < 4.78 is 9.21. The third-order valence-electron chi connectivity index (χ3n) is 3.98. The average Bonchev–Trinajstić information content (AvgIpc) is 2.98. The highest BCUT2D eigenvalue weighted by Crippen LogP contribution is 2.32. The Balaban J connectivity index is 1.45. The van der Waals surface area contributed by atoms with Crippen molar-refractivity contribution in [1.29, 1.82) is 0 Å². The summed E-state index contributed by atoms with van der Waals surface area (Å²) in [7, 11) is 0. The molecule has 4 rings (SSSR count). The SMILES string of the molecule is O=C(NC1CC1)c1noc([C@@H]2CCCN2Cc2csnn2)n1. The van der Waals surface area contributed by atoms with Gasteiger partial charge < -0.3 is 9.84 Å². The van der Waals surface area contributed by atoms with Gasteiger partial charge in [-0.1, -0.05) is 9.64 Å². The molecule has 0 bridgehead atoms. The predicted molar refractivity (Wildman–Crippen MR) is 77.1 cm³/mol. The molecule has 2 aliphatic rings. The molecular weight excluding hydrogens is 304 g/mol. The summed E-state index contributed by atoms with van der Waals surface area (Å²) in [5.74, 6) is 0.399. The Morgan fingerprint density at radius 2 is 2.36 bits per heavy atom. The van der Waals surface area contributed by atoms with E-state index in [9.17, 15) is 4.79 Å². The van der Waals surface area contributed by atoms with Crippen LogP contribution in [-0.2, 0) is 6.54 Å². The molecule has 3 heterocycles. The Labute approximate surface area is 131 Å². The molecule has 1 aliphatic carbocycles. The standard InChI is InChI=1S/C13H16N6O2S/c20-12(14-8-3-4-8)11-15-13(21-17-11)10-2-1-5-19(10)6-9-7-22-18-16-9/h7-8,10H,1-6H2,(H,14,20)/t10-/m0/s1. The van der Waals surface area contributed by atoms with Gasteiger partial charge in [-0.3, -0.25) is 9.69 Å². The first-order valence-corrected chi connectivity index (χ1v) is 8.28. The molecule has 1 atom stereocenters. The number of rotatable bonds is 5. The van der Waals surface area contributed by atoms with Crippen LogP contribution in [0.25, 0.3) is 0 Å². The van der Waals surface area contributed by atoms with Crippen molar-refractivity contribution < 1.29 is 9.32 Å². The lowest BCUT2D eigenvalue weighted by atomic mass is 10.2. The molecule has 0 unspecified atom stereocenters. The Bertz CT molecular complexity index is 653. The van der Waals surface area contributed by atoms with E-state index < -0.39 is 0 Å². The molecule has 1 aliphatic heterocycles. The summed E-state index contributed by atoms with van der Waals surface area (Å²) >= 11 is 1.35. The highest BCUT2D eigenvalue weighted by atomic mass is 32.1.